The molecular formula is C29H25N3O4. The van der Waals surface area contributed by atoms with Crippen LogP contribution in [0.4, 0.5) is 0 Å². The third-order valence-electron chi connectivity index (χ3n) is 7.21. The van der Waals surface area contributed by atoms with E-state index in [-0.39, 0.29) is 18.4 Å². The van der Waals surface area contributed by atoms with Crippen LogP contribution in [0.3, 0.4) is 0 Å². The quantitative estimate of drug-likeness (QED) is 0.451. The van der Waals surface area contributed by atoms with Crippen molar-refractivity contribution < 1.29 is 19.1 Å². The number of carbonyl (C=O) groups excluding carboxylic acids is 3. The van der Waals surface area contributed by atoms with Crippen LogP contribution in [0.1, 0.15) is 38.8 Å². The number of piperazine rings is 1. The second kappa shape index (κ2) is 8.68. The smallest absolute Gasteiger partial charge is 0.337 e. The molecule has 1 fully saturated rings. The Balaban J connectivity index is 1.44. The number of esters is 1. The van der Waals surface area contributed by atoms with Crippen molar-refractivity contribution in [1.82, 2.24) is 14.8 Å². The molecule has 0 spiro atoms. The largest absolute Gasteiger partial charge is 0.465 e. The molecule has 0 bridgehead atoms. The SMILES string of the molecule is COC(=O)c1ccc(C2c3[nH]c4ccccc4c3C[C@H]3C(=O)N(Cc4ccccc4)CC(=O)N23)cc1. The Kier molecular flexibility index (Phi) is 5.33. The summed E-state index contributed by atoms with van der Waals surface area (Å²) in [6, 6.07) is 23.8. The second-order valence-electron chi connectivity index (χ2n) is 9.28. The molecule has 7 nitrogen and oxygen atoms in total. The summed E-state index contributed by atoms with van der Waals surface area (Å²) in [5, 5.41) is 1.06. The van der Waals surface area contributed by atoms with Crippen molar-refractivity contribution in [2.45, 2.75) is 25.0 Å². The number of rotatable bonds is 4. The topological polar surface area (TPSA) is 82.7 Å². The van der Waals surface area contributed by atoms with Crippen LogP contribution in [-0.2, 0) is 27.3 Å². The fraction of sp³-hybridized carbons (Fsp3) is 0.207. The van der Waals surface area contributed by atoms with Gasteiger partial charge in [-0.3, -0.25) is 9.59 Å². The predicted molar refractivity (Wildman–Crippen MR) is 134 cm³/mol. The van der Waals surface area contributed by atoms with Crippen LogP contribution in [0, 0.1) is 0 Å². The van der Waals surface area contributed by atoms with Gasteiger partial charge >= 0.3 is 5.97 Å². The minimum absolute atomic E-state index is 0.0243. The highest BCUT2D eigenvalue weighted by atomic mass is 16.5. The molecule has 0 saturated carbocycles. The van der Waals surface area contributed by atoms with E-state index in [1.165, 1.54) is 7.11 Å². The van der Waals surface area contributed by atoms with Crippen molar-refractivity contribution in [3.8, 4) is 0 Å². The molecule has 3 heterocycles. The molecule has 1 saturated heterocycles. The molecule has 2 amide bonds. The van der Waals surface area contributed by atoms with E-state index in [1.807, 2.05) is 60.7 Å². The number of fused-ring (bicyclic) bond motifs is 4. The van der Waals surface area contributed by atoms with Gasteiger partial charge in [-0.25, -0.2) is 4.79 Å². The number of H-pyrrole nitrogens is 1. The Morgan fingerprint density at radius 1 is 0.972 bits per heavy atom. The number of hydrogen-bond donors (Lipinski definition) is 1. The van der Waals surface area contributed by atoms with Crippen LogP contribution in [0.2, 0.25) is 0 Å². The summed E-state index contributed by atoms with van der Waals surface area (Å²) in [6.07, 6.45) is 0.450. The van der Waals surface area contributed by atoms with E-state index in [9.17, 15) is 14.4 Å². The lowest BCUT2D eigenvalue weighted by Crippen LogP contribution is -2.62. The molecule has 2 aliphatic rings. The first kappa shape index (κ1) is 22.1. The molecular weight excluding hydrogens is 454 g/mol. The molecule has 1 unspecified atom stereocenters. The summed E-state index contributed by atoms with van der Waals surface area (Å²) >= 11 is 0. The molecule has 7 heteroatoms. The summed E-state index contributed by atoms with van der Waals surface area (Å²) in [6.45, 7) is 0.422. The second-order valence-corrected chi connectivity index (χ2v) is 9.28. The zero-order valence-electron chi connectivity index (χ0n) is 19.8. The molecule has 1 aromatic heterocycles. The van der Waals surface area contributed by atoms with Gasteiger partial charge in [0, 0.05) is 29.6 Å². The normalized spacial score (nSPS) is 19.2. The van der Waals surface area contributed by atoms with E-state index in [4.69, 9.17) is 4.74 Å². The van der Waals surface area contributed by atoms with E-state index in [0.29, 0.717) is 18.5 Å². The average Bonchev–Trinajstić information content (AvgIpc) is 3.29. The van der Waals surface area contributed by atoms with E-state index < -0.39 is 18.1 Å². The highest BCUT2D eigenvalue weighted by molar-refractivity contribution is 5.97. The van der Waals surface area contributed by atoms with Gasteiger partial charge < -0.3 is 19.5 Å². The van der Waals surface area contributed by atoms with Crippen LogP contribution >= 0.6 is 0 Å². The van der Waals surface area contributed by atoms with Crippen LogP contribution in [-0.4, -0.2) is 52.3 Å². The number of para-hydroxylation sites is 1. The third kappa shape index (κ3) is 3.55. The number of nitrogens with zero attached hydrogens (tertiary/aromatic N) is 2. The van der Waals surface area contributed by atoms with E-state index in [1.54, 1.807) is 21.9 Å². The highest BCUT2D eigenvalue weighted by Crippen LogP contribution is 2.42. The van der Waals surface area contributed by atoms with Gasteiger partial charge in [0.05, 0.1) is 18.7 Å². The number of hydrogen-bond acceptors (Lipinski definition) is 4. The van der Waals surface area contributed by atoms with Crippen molar-refractivity contribution in [1.29, 1.82) is 0 Å². The predicted octanol–water partition coefficient (Wildman–Crippen LogP) is 3.84. The minimum atomic E-state index is -0.605. The number of aromatic nitrogens is 1. The molecule has 36 heavy (non-hydrogen) atoms. The van der Waals surface area contributed by atoms with Gasteiger partial charge in [0.2, 0.25) is 11.8 Å². The van der Waals surface area contributed by atoms with Crippen molar-refractivity contribution in [3.63, 3.8) is 0 Å². The fourth-order valence-electron chi connectivity index (χ4n) is 5.53. The molecule has 2 aliphatic heterocycles. The average molecular weight is 480 g/mol. The molecule has 180 valence electrons. The lowest BCUT2D eigenvalue weighted by molar-refractivity contribution is -0.159. The molecule has 1 N–H and O–H groups in total. The zero-order chi connectivity index (χ0) is 24.8. The number of aromatic amines is 1. The first-order valence-electron chi connectivity index (χ1n) is 12.0. The van der Waals surface area contributed by atoms with Crippen LogP contribution < -0.4 is 0 Å². The number of ether oxygens (including phenoxy) is 1. The summed E-state index contributed by atoms with van der Waals surface area (Å²) in [7, 11) is 1.35. The summed E-state index contributed by atoms with van der Waals surface area (Å²) in [5.74, 6) is -0.567. The first-order chi connectivity index (χ1) is 17.5. The number of amides is 2. The first-order valence-corrected chi connectivity index (χ1v) is 12.0. The Morgan fingerprint density at radius 2 is 1.69 bits per heavy atom. The Labute approximate surface area is 208 Å². The summed E-state index contributed by atoms with van der Waals surface area (Å²) in [4.78, 5) is 46.3. The van der Waals surface area contributed by atoms with E-state index >= 15 is 0 Å². The Bertz CT molecular complexity index is 1480. The fourth-order valence-corrected chi connectivity index (χ4v) is 5.53. The van der Waals surface area contributed by atoms with Gasteiger partial charge in [-0.2, -0.15) is 0 Å². The van der Waals surface area contributed by atoms with Crippen LogP contribution in [0.25, 0.3) is 10.9 Å². The van der Waals surface area contributed by atoms with Crippen molar-refractivity contribution in [3.05, 3.63) is 107 Å². The Hall–Kier alpha value is -4.39. The molecule has 0 aliphatic carbocycles. The lowest BCUT2D eigenvalue weighted by Gasteiger charge is -2.47. The molecule has 4 aromatic rings. The van der Waals surface area contributed by atoms with Crippen molar-refractivity contribution in [2.24, 2.45) is 0 Å². The maximum absolute atomic E-state index is 13.8. The van der Waals surface area contributed by atoms with Gasteiger partial charge in [0.25, 0.3) is 0 Å². The summed E-state index contributed by atoms with van der Waals surface area (Å²) < 4.78 is 4.84. The molecule has 3 aromatic carbocycles. The number of carbonyl (C=O) groups is 3. The van der Waals surface area contributed by atoms with Gasteiger partial charge in [-0.1, -0.05) is 60.7 Å². The number of nitrogens with one attached hydrogen (secondary N) is 1. The van der Waals surface area contributed by atoms with Crippen molar-refractivity contribution >= 4 is 28.7 Å². The molecule has 2 atom stereocenters. The van der Waals surface area contributed by atoms with Gasteiger partial charge in [0.15, 0.2) is 0 Å². The minimum Gasteiger partial charge on any atom is -0.465 e. The zero-order valence-corrected chi connectivity index (χ0v) is 19.8. The summed E-state index contributed by atoms with van der Waals surface area (Å²) in [5.41, 5.74) is 5.19. The molecule has 0 radical (unpaired) electrons. The van der Waals surface area contributed by atoms with Gasteiger partial charge in [0.1, 0.15) is 12.6 Å². The maximum atomic E-state index is 13.8. The van der Waals surface area contributed by atoms with E-state index in [2.05, 4.69) is 11.1 Å². The maximum Gasteiger partial charge on any atom is 0.337 e. The third-order valence-corrected chi connectivity index (χ3v) is 7.21. The number of methoxy groups -OCH3 is 1. The monoisotopic (exact) mass is 479 g/mol. The van der Waals surface area contributed by atoms with Crippen LogP contribution in [0.5, 0.6) is 0 Å². The molecule has 6 rings (SSSR count). The number of benzene rings is 3. The Morgan fingerprint density at radius 3 is 2.44 bits per heavy atom. The van der Waals surface area contributed by atoms with E-state index in [0.717, 1.165) is 33.3 Å². The van der Waals surface area contributed by atoms with Crippen LogP contribution in [0.15, 0.2) is 78.9 Å². The standard InChI is InChI=1S/C29H25N3O4/c1-36-29(35)20-13-11-19(12-14-20)27-26-22(21-9-5-6-10-23(21)30-26)15-24-28(34)31(17-25(33)32(24)27)16-18-7-3-2-4-8-18/h2-14,24,27,30H,15-17H2,1H3/t24-,27?/m0/s1. The van der Waals surface area contributed by atoms with Crippen molar-refractivity contribution in [2.75, 3.05) is 13.7 Å². The lowest BCUT2D eigenvalue weighted by atomic mass is 9.86. The van der Waals surface area contributed by atoms with Gasteiger partial charge in [-0.15, -0.1) is 0 Å². The highest BCUT2D eigenvalue weighted by Gasteiger charge is 2.48. The van der Waals surface area contributed by atoms with Gasteiger partial charge in [-0.05, 0) is 34.9 Å².